The number of benzene rings is 1. The summed E-state index contributed by atoms with van der Waals surface area (Å²) in [6.45, 7) is 2.31. The number of amides is 2. The molecule has 1 saturated heterocycles. The van der Waals surface area contributed by atoms with Gasteiger partial charge in [0.15, 0.2) is 15.6 Å². The number of aromatic hydroxyl groups is 1. The van der Waals surface area contributed by atoms with Gasteiger partial charge in [-0.3, -0.25) is 4.90 Å². The van der Waals surface area contributed by atoms with Crippen molar-refractivity contribution in [2.75, 3.05) is 32.0 Å². The van der Waals surface area contributed by atoms with Crippen LogP contribution in [-0.4, -0.2) is 56.4 Å². The normalized spacial score (nSPS) is 22.0. The quantitative estimate of drug-likeness (QED) is 0.508. The van der Waals surface area contributed by atoms with Crippen LogP contribution in [0, 0.1) is 0 Å². The van der Waals surface area contributed by atoms with E-state index in [0.717, 1.165) is 18.7 Å². The molecule has 2 amide bonds. The Hall–Kier alpha value is -2.27. The fourth-order valence-corrected chi connectivity index (χ4v) is 6.47. The minimum Gasteiger partial charge on any atom is -0.504 e. The molecule has 1 aromatic heterocycles. The summed E-state index contributed by atoms with van der Waals surface area (Å²) in [5.41, 5.74) is 0.955. The Morgan fingerprint density at radius 3 is 2.90 bits per heavy atom. The molecule has 2 unspecified atom stereocenters. The predicted molar refractivity (Wildman–Crippen MR) is 116 cm³/mol. The van der Waals surface area contributed by atoms with Crippen molar-refractivity contribution < 1.29 is 22.7 Å². The van der Waals surface area contributed by atoms with Crippen LogP contribution in [0.4, 0.5) is 10.5 Å². The van der Waals surface area contributed by atoms with E-state index in [-0.39, 0.29) is 28.2 Å². The van der Waals surface area contributed by atoms with Gasteiger partial charge in [-0.05, 0) is 44.6 Å². The van der Waals surface area contributed by atoms with Crippen molar-refractivity contribution in [2.24, 2.45) is 0 Å². The highest BCUT2D eigenvalue weighted by Gasteiger charge is 2.34. The van der Waals surface area contributed by atoms with Gasteiger partial charge in [-0.1, -0.05) is 11.6 Å². The van der Waals surface area contributed by atoms with Gasteiger partial charge in [0, 0.05) is 25.2 Å². The van der Waals surface area contributed by atoms with Gasteiger partial charge in [0.1, 0.15) is 16.7 Å². The summed E-state index contributed by atoms with van der Waals surface area (Å²) >= 11 is 6.15. The number of fused-ring (bicyclic) bond motifs is 1. The largest absolute Gasteiger partial charge is 0.504 e. The molecular weight excluding hydrogens is 444 g/mol. The highest BCUT2D eigenvalue weighted by atomic mass is 35.5. The van der Waals surface area contributed by atoms with Crippen LogP contribution in [0.15, 0.2) is 33.8 Å². The molecular formula is C20H25ClN4O5S. The second kappa shape index (κ2) is 8.70. The maximum absolute atomic E-state index is 13.1. The maximum atomic E-state index is 13.1. The molecule has 2 aliphatic rings. The number of anilines is 1. The van der Waals surface area contributed by atoms with Crippen molar-refractivity contribution in [3.8, 4) is 5.75 Å². The molecule has 0 spiro atoms. The molecule has 0 saturated carbocycles. The van der Waals surface area contributed by atoms with Gasteiger partial charge in [0.05, 0.1) is 22.2 Å². The lowest BCUT2D eigenvalue weighted by Gasteiger charge is -2.29. The van der Waals surface area contributed by atoms with Crippen molar-refractivity contribution >= 4 is 33.2 Å². The average Bonchev–Trinajstić information content (AvgIpc) is 3.19. The summed E-state index contributed by atoms with van der Waals surface area (Å²) in [4.78, 5) is 14.3. The van der Waals surface area contributed by atoms with E-state index in [2.05, 4.69) is 16.0 Å². The topological polar surface area (TPSA) is 124 Å². The molecule has 0 bridgehead atoms. The number of rotatable bonds is 4. The number of halogens is 1. The Balaban J connectivity index is 1.55. The monoisotopic (exact) mass is 468 g/mol. The van der Waals surface area contributed by atoms with Gasteiger partial charge in [-0.2, -0.15) is 0 Å². The zero-order valence-corrected chi connectivity index (χ0v) is 18.6. The van der Waals surface area contributed by atoms with E-state index in [1.54, 1.807) is 6.26 Å². The van der Waals surface area contributed by atoms with E-state index in [1.165, 1.54) is 12.1 Å². The first kappa shape index (κ1) is 21.9. The molecule has 2 atom stereocenters. The number of carbonyl (C=O) groups excluding carboxylic acids is 1. The SMILES string of the molecule is CN1Cc2ccoc2C(NC(=O)Nc2ccc(Cl)c(S(=O)(=O)C3CCCNC3)c2O)C1. The summed E-state index contributed by atoms with van der Waals surface area (Å²) in [7, 11) is -1.95. The molecule has 11 heteroatoms. The Labute approximate surface area is 185 Å². The number of piperidine rings is 1. The number of phenols is 1. The van der Waals surface area contributed by atoms with E-state index < -0.39 is 26.9 Å². The maximum Gasteiger partial charge on any atom is 0.319 e. The number of nitrogens with one attached hydrogen (secondary N) is 3. The van der Waals surface area contributed by atoms with E-state index in [1.807, 2.05) is 18.0 Å². The van der Waals surface area contributed by atoms with Crippen LogP contribution in [-0.2, 0) is 16.4 Å². The average molecular weight is 469 g/mol. The van der Waals surface area contributed by atoms with Gasteiger partial charge in [-0.15, -0.1) is 0 Å². The first-order valence-corrected chi connectivity index (χ1v) is 12.0. The smallest absolute Gasteiger partial charge is 0.319 e. The lowest BCUT2D eigenvalue weighted by atomic mass is 10.1. The fourth-order valence-electron chi connectivity index (χ4n) is 4.13. The second-order valence-electron chi connectivity index (χ2n) is 7.94. The minimum atomic E-state index is -3.89. The summed E-state index contributed by atoms with van der Waals surface area (Å²) in [5, 5.41) is 18.3. The van der Waals surface area contributed by atoms with E-state index in [0.29, 0.717) is 25.1 Å². The second-order valence-corrected chi connectivity index (χ2v) is 10.5. The van der Waals surface area contributed by atoms with Crippen LogP contribution in [0.5, 0.6) is 5.75 Å². The molecule has 9 nitrogen and oxygen atoms in total. The van der Waals surface area contributed by atoms with Crippen molar-refractivity contribution in [3.05, 3.63) is 40.8 Å². The molecule has 0 radical (unpaired) electrons. The molecule has 4 N–H and O–H groups in total. The zero-order valence-electron chi connectivity index (χ0n) is 17.0. The minimum absolute atomic E-state index is 0.0342. The van der Waals surface area contributed by atoms with E-state index in [9.17, 15) is 18.3 Å². The number of nitrogens with zero attached hydrogens (tertiary/aromatic N) is 1. The number of carbonyl (C=O) groups is 1. The Kier molecular flexibility index (Phi) is 6.16. The number of furan rings is 1. The van der Waals surface area contributed by atoms with Gasteiger partial charge in [0.25, 0.3) is 0 Å². The van der Waals surface area contributed by atoms with Crippen LogP contribution < -0.4 is 16.0 Å². The summed E-state index contributed by atoms with van der Waals surface area (Å²) in [5.74, 6) is 0.120. The standard InChI is InChI=1S/C20H25ClN4O5S/c1-25-10-12-6-8-30-18(12)16(11-25)24-20(27)23-15-5-4-14(21)19(17(15)26)31(28,29)13-3-2-7-22-9-13/h4-6,8,13,16,22,26H,2-3,7,9-11H2,1H3,(H2,23,24,27). The number of urea groups is 1. The van der Waals surface area contributed by atoms with E-state index >= 15 is 0 Å². The molecule has 1 aromatic carbocycles. The summed E-state index contributed by atoms with van der Waals surface area (Å²) in [6.07, 6.45) is 2.77. The molecule has 2 aromatic rings. The molecule has 2 aliphatic heterocycles. The highest BCUT2D eigenvalue weighted by molar-refractivity contribution is 7.92. The van der Waals surface area contributed by atoms with Crippen molar-refractivity contribution in [1.29, 1.82) is 0 Å². The van der Waals surface area contributed by atoms with Crippen molar-refractivity contribution in [2.45, 2.75) is 35.6 Å². The molecule has 0 aliphatic carbocycles. The highest BCUT2D eigenvalue weighted by Crippen LogP contribution is 2.39. The number of likely N-dealkylation sites (N-methyl/N-ethyl adjacent to an activating group) is 1. The molecule has 4 rings (SSSR count). The predicted octanol–water partition coefficient (Wildman–Crippen LogP) is 2.47. The zero-order chi connectivity index (χ0) is 22.2. The van der Waals surface area contributed by atoms with Crippen LogP contribution in [0.2, 0.25) is 5.02 Å². The van der Waals surface area contributed by atoms with Crippen LogP contribution >= 0.6 is 11.6 Å². The van der Waals surface area contributed by atoms with Gasteiger partial charge in [-0.25, -0.2) is 13.2 Å². The van der Waals surface area contributed by atoms with Gasteiger partial charge >= 0.3 is 6.03 Å². The van der Waals surface area contributed by atoms with Crippen molar-refractivity contribution in [3.63, 3.8) is 0 Å². The van der Waals surface area contributed by atoms with Crippen LogP contribution in [0.25, 0.3) is 0 Å². The first-order valence-electron chi connectivity index (χ1n) is 10.1. The van der Waals surface area contributed by atoms with Crippen LogP contribution in [0.3, 0.4) is 0 Å². The Morgan fingerprint density at radius 1 is 1.35 bits per heavy atom. The third kappa shape index (κ3) is 4.38. The number of phenolic OH excluding ortho intramolecular Hbond substituents is 1. The van der Waals surface area contributed by atoms with Gasteiger partial charge in [0.2, 0.25) is 0 Å². The Morgan fingerprint density at radius 2 is 2.16 bits per heavy atom. The number of hydrogen-bond donors (Lipinski definition) is 4. The summed E-state index contributed by atoms with van der Waals surface area (Å²) < 4.78 is 31.7. The van der Waals surface area contributed by atoms with Crippen molar-refractivity contribution in [1.82, 2.24) is 15.5 Å². The van der Waals surface area contributed by atoms with E-state index in [4.69, 9.17) is 16.0 Å². The number of sulfone groups is 1. The lowest BCUT2D eigenvalue weighted by molar-refractivity contribution is 0.220. The Bertz CT molecular complexity index is 1080. The first-order chi connectivity index (χ1) is 14.8. The van der Waals surface area contributed by atoms with Gasteiger partial charge < -0.3 is 25.5 Å². The molecule has 3 heterocycles. The fraction of sp³-hybridized carbons (Fsp3) is 0.450. The third-order valence-electron chi connectivity index (χ3n) is 5.64. The molecule has 1 fully saturated rings. The third-order valence-corrected chi connectivity index (χ3v) is 8.33. The molecule has 168 valence electrons. The lowest BCUT2D eigenvalue weighted by Crippen LogP contribution is -2.41. The van der Waals surface area contributed by atoms with Crippen LogP contribution in [0.1, 0.15) is 30.2 Å². The summed E-state index contributed by atoms with van der Waals surface area (Å²) in [6, 6.07) is 3.62. The number of hydrogen-bond acceptors (Lipinski definition) is 7. The molecule has 31 heavy (non-hydrogen) atoms.